The number of hydrogen-bond donors (Lipinski definition) is 2. The van der Waals surface area contributed by atoms with E-state index in [-0.39, 0.29) is 10.7 Å². The Kier molecular flexibility index (Phi) is 4.76. The monoisotopic (exact) mass is 248 g/mol. The van der Waals surface area contributed by atoms with E-state index in [1.165, 1.54) is 0 Å². The summed E-state index contributed by atoms with van der Waals surface area (Å²) in [6.45, 7) is 7.93. The fourth-order valence-electron chi connectivity index (χ4n) is 1.40. The van der Waals surface area contributed by atoms with Crippen LogP contribution in [0.1, 0.15) is 40.0 Å². The second-order valence-corrected chi connectivity index (χ2v) is 7.37. The number of hydrogen-bond acceptors (Lipinski definition) is 3. The molecular weight excluding hydrogens is 224 g/mol. The summed E-state index contributed by atoms with van der Waals surface area (Å²) in [5, 5.41) is 2.77. The van der Waals surface area contributed by atoms with E-state index >= 15 is 0 Å². The Bertz CT molecular complexity index is 310. The van der Waals surface area contributed by atoms with Crippen molar-refractivity contribution >= 4 is 10.0 Å². The van der Waals surface area contributed by atoms with Crippen molar-refractivity contribution in [2.24, 2.45) is 5.41 Å². The molecule has 1 atom stereocenters. The summed E-state index contributed by atoms with van der Waals surface area (Å²) in [5.74, 6) is 0. The van der Waals surface area contributed by atoms with E-state index in [9.17, 15) is 8.42 Å². The minimum Gasteiger partial charge on any atom is -0.315 e. The Hall–Kier alpha value is -0.130. The van der Waals surface area contributed by atoms with Gasteiger partial charge in [0.25, 0.3) is 0 Å². The minimum atomic E-state index is -3.15. The molecule has 96 valence electrons. The van der Waals surface area contributed by atoms with Crippen LogP contribution in [-0.2, 0) is 10.0 Å². The van der Waals surface area contributed by atoms with Crippen LogP contribution in [0.5, 0.6) is 0 Å². The summed E-state index contributed by atoms with van der Waals surface area (Å²) in [6, 6.07) is 0. The van der Waals surface area contributed by atoms with E-state index in [2.05, 4.69) is 23.9 Å². The van der Waals surface area contributed by atoms with Gasteiger partial charge >= 0.3 is 0 Å². The number of rotatable bonds is 8. The third-order valence-corrected chi connectivity index (χ3v) is 4.96. The van der Waals surface area contributed by atoms with Gasteiger partial charge in [-0.05, 0) is 38.1 Å². The smallest absolute Gasteiger partial charge is 0.215 e. The van der Waals surface area contributed by atoms with E-state index in [1.54, 1.807) is 6.92 Å². The molecule has 0 spiro atoms. The van der Waals surface area contributed by atoms with Gasteiger partial charge in [-0.3, -0.25) is 0 Å². The molecule has 1 saturated carbocycles. The van der Waals surface area contributed by atoms with Crippen molar-refractivity contribution in [3.8, 4) is 0 Å². The second kappa shape index (κ2) is 5.47. The molecule has 0 aliphatic heterocycles. The Morgan fingerprint density at radius 2 is 2.00 bits per heavy atom. The van der Waals surface area contributed by atoms with Crippen molar-refractivity contribution < 1.29 is 8.42 Å². The molecule has 1 unspecified atom stereocenters. The molecule has 1 aliphatic carbocycles. The molecular formula is C11H24N2O2S. The van der Waals surface area contributed by atoms with Crippen molar-refractivity contribution in [3.63, 3.8) is 0 Å². The van der Waals surface area contributed by atoms with Crippen molar-refractivity contribution in [1.82, 2.24) is 10.0 Å². The average Bonchev–Trinajstić information content (AvgIpc) is 2.95. The van der Waals surface area contributed by atoms with E-state index < -0.39 is 10.0 Å². The molecule has 0 aromatic carbocycles. The largest absolute Gasteiger partial charge is 0.315 e. The van der Waals surface area contributed by atoms with Gasteiger partial charge in [0.2, 0.25) is 10.0 Å². The molecule has 0 bridgehead atoms. The van der Waals surface area contributed by atoms with Crippen LogP contribution in [0.15, 0.2) is 0 Å². The summed E-state index contributed by atoms with van der Waals surface area (Å²) in [6.07, 6.45) is 3.30. The average molecular weight is 248 g/mol. The first-order valence-corrected chi connectivity index (χ1v) is 7.63. The molecule has 0 heterocycles. The lowest BCUT2D eigenvalue weighted by molar-refractivity contribution is 0.519. The molecule has 0 radical (unpaired) electrons. The summed E-state index contributed by atoms with van der Waals surface area (Å²) < 4.78 is 26.4. The third kappa shape index (κ3) is 4.39. The molecule has 5 heteroatoms. The SMILES string of the molecule is CCCNCC(C)S(=O)(=O)NCC1(C)CC1. The highest BCUT2D eigenvalue weighted by Gasteiger charge is 2.38. The lowest BCUT2D eigenvalue weighted by Gasteiger charge is -2.16. The molecule has 1 rings (SSSR count). The van der Waals surface area contributed by atoms with E-state index in [1.807, 2.05) is 0 Å². The summed E-state index contributed by atoms with van der Waals surface area (Å²) in [4.78, 5) is 0. The Labute approximate surface area is 99.2 Å². The highest BCUT2D eigenvalue weighted by atomic mass is 32.2. The lowest BCUT2D eigenvalue weighted by atomic mass is 10.2. The van der Waals surface area contributed by atoms with Crippen LogP contribution in [0.4, 0.5) is 0 Å². The van der Waals surface area contributed by atoms with Crippen LogP contribution in [-0.4, -0.2) is 33.3 Å². The van der Waals surface area contributed by atoms with Gasteiger partial charge in [-0.25, -0.2) is 13.1 Å². The summed E-state index contributed by atoms with van der Waals surface area (Å²) in [7, 11) is -3.15. The Morgan fingerprint density at radius 1 is 1.38 bits per heavy atom. The zero-order valence-electron chi connectivity index (χ0n) is 10.5. The fraction of sp³-hybridized carbons (Fsp3) is 1.00. The van der Waals surface area contributed by atoms with Gasteiger partial charge in [0.05, 0.1) is 5.25 Å². The normalized spacial score (nSPS) is 20.7. The zero-order chi connectivity index (χ0) is 12.2. The third-order valence-electron chi connectivity index (χ3n) is 3.19. The van der Waals surface area contributed by atoms with Crippen molar-refractivity contribution in [2.75, 3.05) is 19.6 Å². The summed E-state index contributed by atoms with van der Waals surface area (Å²) >= 11 is 0. The van der Waals surface area contributed by atoms with Crippen LogP contribution in [0, 0.1) is 5.41 Å². The van der Waals surface area contributed by atoms with Crippen LogP contribution in [0.3, 0.4) is 0 Å². The molecule has 0 aromatic heterocycles. The highest BCUT2D eigenvalue weighted by Crippen LogP contribution is 2.44. The number of nitrogens with one attached hydrogen (secondary N) is 2. The fourth-order valence-corrected chi connectivity index (χ4v) is 2.57. The molecule has 4 nitrogen and oxygen atoms in total. The van der Waals surface area contributed by atoms with Gasteiger partial charge in [0, 0.05) is 13.1 Å². The standard InChI is InChI=1S/C11H24N2O2S/c1-4-7-12-8-10(2)16(14,15)13-9-11(3)5-6-11/h10,12-13H,4-9H2,1-3H3. The van der Waals surface area contributed by atoms with Crippen LogP contribution >= 0.6 is 0 Å². The lowest BCUT2D eigenvalue weighted by Crippen LogP contribution is -2.40. The quantitative estimate of drug-likeness (QED) is 0.632. The van der Waals surface area contributed by atoms with E-state index in [0.29, 0.717) is 13.1 Å². The predicted octanol–water partition coefficient (Wildman–Crippen LogP) is 1.09. The molecule has 0 amide bonds. The Morgan fingerprint density at radius 3 is 2.50 bits per heavy atom. The number of sulfonamides is 1. The second-order valence-electron chi connectivity index (χ2n) is 5.19. The zero-order valence-corrected chi connectivity index (χ0v) is 11.4. The van der Waals surface area contributed by atoms with E-state index in [4.69, 9.17) is 0 Å². The van der Waals surface area contributed by atoms with Crippen LogP contribution in [0.2, 0.25) is 0 Å². The molecule has 1 aliphatic rings. The summed E-state index contributed by atoms with van der Waals surface area (Å²) in [5.41, 5.74) is 0.226. The molecule has 2 N–H and O–H groups in total. The van der Waals surface area contributed by atoms with Gasteiger partial charge in [0.1, 0.15) is 0 Å². The first-order valence-electron chi connectivity index (χ1n) is 6.09. The van der Waals surface area contributed by atoms with Crippen molar-refractivity contribution in [3.05, 3.63) is 0 Å². The maximum atomic E-state index is 11.8. The maximum Gasteiger partial charge on any atom is 0.215 e. The van der Waals surface area contributed by atoms with Crippen LogP contribution < -0.4 is 10.0 Å². The van der Waals surface area contributed by atoms with E-state index in [0.717, 1.165) is 25.8 Å². The predicted molar refractivity (Wildman–Crippen MR) is 66.9 cm³/mol. The van der Waals surface area contributed by atoms with Gasteiger partial charge < -0.3 is 5.32 Å². The highest BCUT2D eigenvalue weighted by molar-refractivity contribution is 7.90. The van der Waals surface area contributed by atoms with Crippen molar-refractivity contribution in [2.45, 2.75) is 45.3 Å². The van der Waals surface area contributed by atoms with Gasteiger partial charge in [-0.1, -0.05) is 13.8 Å². The topological polar surface area (TPSA) is 58.2 Å². The first kappa shape index (κ1) is 13.9. The molecule has 16 heavy (non-hydrogen) atoms. The maximum absolute atomic E-state index is 11.8. The molecule has 1 fully saturated rings. The molecule has 0 aromatic rings. The Balaban J connectivity index is 2.30. The van der Waals surface area contributed by atoms with Gasteiger partial charge in [-0.2, -0.15) is 0 Å². The van der Waals surface area contributed by atoms with Gasteiger partial charge in [-0.15, -0.1) is 0 Å². The first-order chi connectivity index (χ1) is 7.40. The minimum absolute atomic E-state index is 0.226. The van der Waals surface area contributed by atoms with Crippen LogP contribution in [0.25, 0.3) is 0 Å². The van der Waals surface area contributed by atoms with Gasteiger partial charge in [0.15, 0.2) is 0 Å². The molecule has 0 saturated heterocycles. The van der Waals surface area contributed by atoms with Crippen molar-refractivity contribution in [1.29, 1.82) is 0 Å².